The van der Waals surface area contributed by atoms with Crippen LogP contribution in [0, 0.1) is 11.7 Å². The number of carbonyl (C=O) groups excluding carboxylic acids is 2. The zero-order valence-electron chi connectivity index (χ0n) is 23.6. The maximum Gasteiger partial charge on any atom is 0.304 e. The summed E-state index contributed by atoms with van der Waals surface area (Å²) in [6, 6.07) is 20.1. The van der Waals surface area contributed by atoms with E-state index in [1.54, 1.807) is 24.3 Å². The Balaban J connectivity index is 2.07. The van der Waals surface area contributed by atoms with Crippen LogP contribution in [0.2, 0.25) is 5.02 Å². The van der Waals surface area contributed by atoms with Gasteiger partial charge in [-0.15, -0.1) is 0 Å². The number of nitrogens with zero attached hydrogens (tertiary/aromatic N) is 3. The Morgan fingerprint density at radius 2 is 1.51 bits per heavy atom. The molecule has 0 fully saturated rings. The predicted molar refractivity (Wildman–Crippen MR) is 160 cm³/mol. The Hall–Kier alpha value is -3.47. The number of halogens is 2. The Kier molecular flexibility index (Phi) is 11.3. The van der Waals surface area contributed by atoms with Gasteiger partial charge in [-0.1, -0.05) is 67.9 Å². The van der Waals surface area contributed by atoms with Crippen molar-refractivity contribution < 1.29 is 22.4 Å². The van der Waals surface area contributed by atoms with Crippen LogP contribution in [-0.4, -0.2) is 62.7 Å². The third kappa shape index (κ3) is 9.01. The van der Waals surface area contributed by atoms with Crippen molar-refractivity contribution in [3.8, 4) is 0 Å². The molecule has 0 radical (unpaired) electrons. The molecule has 0 bridgehead atoms. The summed E-state index contributed by atoms with van der Waals surface area (Å²) in [6.45, 7) is 3.76. The average Bonchev–Trinajstić information content (AvgIpc) is 2.94. The number of nitrogens with one attached hydrogen (secondary N) is 1. The minimum atomic E-state index is -4.16. The van der Waals surface area contributed by atoms with Gasteiger partial charge in [0.25, 0.3) is 0 Å². The Morgan fingerprint density at radius 3 is 2.07 bits per heavy atom. The van der Waals surface area contributed by atoms with Crippen LogP contribution in [0.5, 0.6) is 0 Å². The predicted octanol–water partition coefficient (Wildman–Crippen LogP) is 4.50. The summed E-state index contributed by atoms with van der Waals surface area (Å²) >= 11 is 6.08. The maximum absolute atomic E-state index is 14.1. The van der Waals surface area contributed by atoms with Gasteiger partial charge in [0.15, 0.2) is 0 Å². The molecule has 0 heterocycles. The van der Waals surface area contributed by atoms with Gasteiger partial charge >= 0.3 is 10.2 Å². The lowest BCUT2D eigenvalue weighted by molar-refractivity contribution is -0.140. The van der Waals surface area contributed by atoms with E-state index in [1.165, 1.54) is 31.1 Å². The molecule has 8 nitrogen and oxygen atoms in total. The Bertz CT molecular complexity index is 1400. The molecule has 1 atom stereocenters. The molecule has 0 aliphatic carbocycles. The fourth-order valence-electron chi connectivity index (χ4n) is 4.09. The van der Waals surface area contributed by atoms with E-state index < -0.39 is 34.5 Å². The number of carbonyl (C=O) groups is 2. The first kappa shape index (κ1) is 32.0. The molecule has 41 heavy (non-hydrogen) atoms. The van der Waals surface area contributed by atoms with Crippen LogP contribution >= 0.6 is 11.6 Å². The van der Waals surface area contributed by atoms with Gasteiger partial charge in [-0.3, -0.25) is 9.59 Å². The number of benzene rings is 3. The molecule has 220 valence electrons. The fraction of sp³-hybridized carbons (Fsp3) is 0.333. The summed E-state index contributed by atoms with van der Waals surface area (Å²) in [7, 11) is -1.47. The van der Waals surface area contributed by atoms with Crippen LogP contribution in [0.3, 0.4) is 0 Å². The third-order valence-electron chi connectivity index (χ3n) is 6.36. The highest BCUT2D eigenvalue weighted by molar-refractivity contribution is 7.90. The summed E-state index contributed by atoms with van der Waals surface area (Å²) in [5.74, 6) is -1.32. The van der Waals surface area contributed by atoms with E-state index >= 15 is 0 Å². The molecular weight excluding hydrogens is 567 g/mol. The van der Waals surface area contributed by atoms with Gasteiger partial charge in [0, 0.05) is 38.6 Å². The molecule has 1 N–H and O–H groups in total. The molecule has 0 saturated heterocycles. The highest BCUT2D eigenvalue weighted by Crippen LogP contribution is 2.22. The normalized spacial score (nSPS) is 12.3. The second-order valence-corrected chi connectivity index (χ2v) is 12.8. The van der Waals surface area contributed by atoms with Gasteiger partial charge in [0.1, 0.15) is 18.4 Å². The van der Waals surface area contributed by atoms with Crippen molar-refractivity contribution in [1.29, 1.82) is 0 Å². The summed E-state index contributed by atoms with van der Waals surface area (Å²) in [6.07, 6.45) is 0.209. The molecule has 3 aromatic rings. The van der Waals surface area contributed by atoms with Crippen molar-refractivity contribution in [2.24, 2.45) is 5.92 Å². The van der Waals surface area contributed by atoms with Crippen molar-refractivity contribution in [3.05, 3.63) is 101 Å². The van der Waals surface area contributed by atoms with Crippen molar-refractivity contribution >= 4 is 39.3 Å². The largest absolute Gasteiger partial charge is 0.354 e. The highest BCUT2D eigenvalue weighted by atomic mass is 35.5. The number of hydrogen-bond donors (Lipinski definition) is 1. The van der Waals surface area contributed by atoms with E-state index in [9.17, 15) is 22.4 Å². The second-order valence-electron chi connectivity index (χ2n) is 10.3. The van der Waals surface area contributed by atoms with Crippen molar-refractivity contribution in [3.63, 3.8) is 0 Å². The molecule has 11 heteroatoms. The molecule has 0 aromatic heterocycles. The number of rotatable bonds is 13. The monoisotopic (exact) mass is 602 g/mol. The van der Waals surface area contributed by atoms with Crippen LogP contribution in [0.1, 0.15) is 25.0 Å². The van der Waals surface area contributed by atoms with E-state index in [-0.39, 0.29) is 30.5 Å². The Labute approximate surface area is 246 Å². The molecule has 0 saturated carbocycles. The average molecular weight is 603 g/mol. The molecule has 1 unspecified atom stereocenters. The number of amides is 2. The minimum absolute atomic E-state index is 0.0296. The fourth-order valence-corrected chi connectivity index (χ4v) is 5.27. The van der Waals surface area contributed by atoms with Gasteiger partial charge in [-0.05, 0) is 53.4 Å². The van der Waals surface area contributed by atoms with Gasteiger partial charge < -0.3 is 10.2 Å². The lowest BCUT2D eigenvalue weighted by Gasteiger charge is -2.34. The smallest absolute Gasteiger partial charge is 0.304 e. The third-order valence-corrected chi connectivity index (χ3v) is 8.43. The first-order chi connectivity index (χ1) is 19.4. The zero-order chi connectivity index (χ0) is 30.2. The quantitative estimate of drug-likeness (QED) is 0.312. The highest BCUT2D eigenvalue weighted by Gasteiger charge is 2.34. The molecule has 3 aromatic carbocycles. The first-order valence-corrected chi connectivity index (χ1v) is 15.0. The summed E-state index contributed by atoms with van der Waals surface area (Å²) in [4.78, 5) is 29.2. The van der Waals surface area contributed by atoms with Gasteiger partial charge in [-0.2, -0.15) is 12.7 Å². The first-order valence-electron chi connectivity index (χ1n) is 13.2. The van der Waals surface area contributed by atoms with Crippen LogP contribution in [0.15, 0.2) is 78.9 Å². The molecule has 3 rings (SSSR count). The molecule has 0 spiro atoms. The van der Waals surface area contributed by atoms with Gasteiger partial charge in [-0.25, -0.2) is 8.70 Å². The van der Waals surface area contributed by atoms with E-state index in [2.05, 4.69) is 5.32 Å². The SMILES string of the molecule is CC(C)CNC(=O)C(Cc1ccccc1)N(Cc1ccc(Cl)cc1)C(=O)CN(c1ccc(F)cc1)S(=O)(=O)N(C)C. The second kappa shape index (κ2) is 14.4. The van der Waals surface area contributed by atoms with Crippen molar-refractivity contribution in [1.82, 2.24) is 14.5 Å². The zero-order valence-corrected chi connectivity index (χ0v) is 25.2. The molecule has 0 aliphatic heterocycles. The van der Waals surface area contributed by atoms with Crippen molar-refractivity contribution in [2.45, 2.75) is 32.9 Å². The maximum atomic E-state index is 14.1. The van der Waals surface area contributed by atoms with Crippen LogP contribution in [0.25, 0.3) is 0 Å². The topological polar surface area (TPSA) is 90.0 Å². The summed E-state index contributed by atoms with van der Waals surface area (Å²) in [5.41, 5.74) is 1.66. The van der Waals surface area contributed by atoms with Crippen LogP contribution < -0.4 is 9.62 Å². The van der Waals surface area contributed by atoms with E-state index in [4.69, 9.17) is 11.6 Å². The standard InChI is InChI=1S/C30H36ClFN4O4S/c1-22(2)19-33-30(38)28(18-23-8-6-5-7-9-23)35(20-24-10-12-25(31)13-11-24)29(37)21-36(41(39,40)34(3)4)27-16-14-26(32)15-17-27/h5-17,22,28H,18-21H2,1-4H3,(H,33,38). The lowest BCUT2D eigenvalue weighted by atomic mass is 10.0. The summed E-state index contributed by atoms with van der Waals surface area (Å²) < 4.78 is 42.2. The van der Waals surface area contributed by atoms with E-state index in [1.807, 2.05) is 44.2 Å². The van der Waals surface area contributed by atoms with E-state index in [0.29, 0.717) is 17.1 Å². The number of anilines is 1. The number of hydrogen-bond acceptors (Lipinski definition) is 4. The van der Waals surface area contributed by atoms with Crippen LogP contribution in [0.4, 0.5) is 10.1 Å². The molecule has 2 amide bonds. The molecule has 0 aliphatic rings. The van der Waals surface area contributed by atoms with Gasteiger partial charge in [0.2, 0.25) is 11.8 Å². The van der Waals surface area contributed by atoms with Crippen molar-refractivity contribution in [2.75, 3.05) is 31.5 Å². The lowest BCUT2D eigenvalue weighted by Crippen LogP contribution is -2.54. The van der Waals surface area contributed by atoms with E-state index in [0.717, 1.165) is 26.3 Å². The van der Waals surface area contributed by atoms with Crippen LogP contribution in [-0.2, 0) is 32.8 Å². The minimum Gasteiger partial charge on any atom is -0.354 e. The Morgan fingerprint density at radius 1 is 0.902 bits per heavy atom. The summed E-state index contributed by atoms with van der Waals surface area (Å²) in [5, 5.41) is 3.45. The molecular formula is C30H36ClFN4O4S. The van der Waals surface area contributed by atoms with Gasteiger partial charge in [0.05, 0.1) is 5.69 Å².